The van der Waals surface area contributed by atoms with E-state index in [9.17, 15) is 24.5 Å². The lowest BCUT2D eigenvalue weighted by Gasteiger charge is -2.28. The van der Waals surface area contributed by atoms with Crippen molar-refractivity contribution in [2.24, 2.45) is 5.92 Å². The second-order valence-electron chi connectivity index (χ2n) is 6.48. The van der Waals surface area contributed by atoms with E-state index in [1.54, 1.807) is 32.0 Å². The smallest absolute Gasteiger partial charge is 0.292 e. The van der Waals surface area contributed by atoms with Crippen molar-refractivity contribution in [3.05, 3.63) is 69.8 Å². The monoisotopic (exact) mass is 367 g/mol. The van der Waals surface area contributed by atoms with Crippen LogP contribution in [0.15, 0.2) is 48.5 Å². The van der Waals surface area contributed by atoms with Gasteiger partial charge >= 0.3 is 0 Å². The van der Waals surface area contributed by atoms with E-state index in [1.807, 2.05) is 0 Å². The first-order chi connectivity index (χ1) is 12.8. The molecule has 1 aliphatic heterocycles. The predicted octanol–water partition coefficient (Wildman–Crippen LogP) is 2.85. The summed E-state index contributed by atoms with van der Waals surface area (Å²) in [5, 5.41) is 13.6. The number of nitrogens with zero attached hydrogens (tertiary/aromatic N) is 2. The Morgan fingerprint density at radius 3 is 2.04 bits per heavy atom. The Kier molecular flexibility index (Phi) is 4.72. The van der Waals surface area contributed by atoms with Gasteiger partial charge in [-0.05, 0) is 24.1 Å². The Morgan fingerprint density at radius 1 is 1.00 bits per heavy atom. The largest absolute Gasteiger partial charge is 0.319 e. The third kappa shape index (κ3) is 3.17. The molecule has 3 amide bonds. The lowest BCUT2D eigenvalue weighted by Crippen LogP contribution is -2.50. The Bertz CT molecular complexity index is 919. The number of carbonyl (C=O) groups excluding carboxylic acids is 3. The number of imide groups is 1. The molecule has 8 heteroatoms. The normalized spacial score (nSPS) is 14.3. The van der Waals surface area contributed by atoms with Crippen LogP contribution >= 0.6 is 0 Å². The number of carbonyl (C=O) groups is 3. The van der Waals surface area contributed by atoms with E-state index in [0.29, 0.717) is 0 Å². The molecular formula is C19H17N3O5. The van der Waals surface area contributed by atoms with Crippen molar-refractivity contribution >= 4 is 29.1 Å². The van der Waals surface area contributed by atoms with E-state index in [2.05, 4.69) is 5.32 Å². The molecule has 1 atom stereocenters. The fraction of sp³-hybridized carbons (Fsp3) is 0.211. The van der Waals surface area contributed by atoms with Gasteiger partial charge in [-0.15, -0.1) is 0 Å². The summed E-state index contributed by atoms with van der Waals surface area (Å²) in [6.45, 7) is 3.40. The summed E-state index contributed by atoms with van der Waals surface area (Å²) in [6, 6.07) is 11.0. The molecule has 0 aliphatic carbocycles. The lowest BCUT2D eigenvalue weighted by atomic mass is 10.0. The zero-order valence-corrected chi connectivity index (χ0v) is 14.7. The van der Waals surface area contributed by atoms with Gasteiger partial charge in [-0.1, -0.05) is 38.1 Å². The van der Waals surface area contributed by atoms with Crippen LogP contribution in [0.5, 0.6) is 0 Å². The summed E-state index contributed by atoms with van der Waals surface area (Å²) in [5.41, 5.74) is 0.226. The maximum atomic E-state index is 12.9. The summed E-state index contributed by atoms with van der Waals surface area (Å²) in [6.07, 6.45) is 0. The van der Waals surface area contributed by atoms with E-state index < -0.39 is 34.6 Å². The molecule has 3 rings (SSSR count). The molecule has 0 bridgehead atoms. The SMILES string of the molecule is CC(C)[C@H](C(=O)Nc1ccccc1[N+](=O)[O-])N1C(=O)c2ccccc2C1=O. The zero-order valence-electron chi connectivity index (χ0n) is 14.7. The highest BCUT2D eigenvalue weighted by Gasteiger charge is 2.44. The number of nitro benzene ring substituents is 1. The standard InChI is InChI=1S/C19H17N3O5/c1-11(2)16(17(23)20-14-9-5-6-10-15(14)22(26)27)21-18(24)12-7-3-4-8-13(12)19(21)25/h3-11,16H,1-2H3,(H,20,23)/t16-/m1/s1. The topological polar surface area (TPSA) is 110 Å². The number of amides is 3. The van der Waals surface area contributed by atoms with E-state index >= 15 is 0 Å². The Balaban J connectivity index is 1.94. The van der Waals surface area contributed by atoms with Crippen LogP contribution in [-0.4, -0.2) is 33.6 Å². The molecule has 1 N–H and O–H groups in total. The molecule has 2 aromatic rings. The number of benzene rings is 2. The number of hydrogen-bond acceptors (Lipinski definition) is 5. The minimum Gasteiger partial charge on any atom is -0.319 e. The molecule has 0 unspecified atom stereocenters. The highest BCUT2D eigenvalue weighted by molar-refractivity contribution is 6.23. The predicted molar refractivity (Wildman–Crippen MR) is 97.3 cm³/mol. The highest BCUT2D eigenvalue weighted by Crippen LogP contribution is 2.29. The van der Waals surface area contributed by atoms with Gasteiger partial charge in [0, 0.05) is 6.07 Å². The first-order valence-electron chi connectivity index (χ1n) is 8.34. The quantitative estimate of drug-likeness (QED) is 0.496. The molecule has 138 valence electrons. The van der Waals surface area contributed by atoms with Crippen LogP contribution in [0.1, 0.15) is 34.6 Å². The molecule has 1 heterocycles. The minimum absolute atomic E-state index is 0.00904. The average Bonchev–Trinajstić information content (AvgIpc) is 2.87. The van der Waals surface area contributed by atoms with E-state index in [0.717, 1.165) is 4.90 Å². The van der Waals surface area contributed by atoms with Gasteiger partial charge in [0.1, 0.15) is 11.7 Å². The van der Waals surface area contributed by atoms with Crippen LogP contribution in [-0.2, 0) is 4.79 Å². The second-order valence-corrected chi connectivity index (χ2v) is 6.48. The molecule has 0 saturated heterocycles. The van der Waals surface area contributed by atoms with Gasteiger partial charge in [0.15, 0.2) is 0 Å². The van der Waals surface area contributed by atoms with E-state index in [-0.39, 0.29) is 22.5 Å². The molecule has 0 radical (unpaired) electrons. The second kappa shape index (κ2) is 6.99. The molecular weight excluding hydrogens is 350 g/mol. The van der Waals surface area contributed by atoms with E-state index in [1.165, 1.54) is 30.3 Å². The fourth-order valence-corrected chi connectivity index (χ4v) is 3.12. The van der Waals surface area contributed by atoms with Gasteiger partial charge < -0.3 is 5.32 Å². The van der Waals surface area contributed by atoms with Crippen molar-refractivity contribution in [3.8, 4) is 0 Å². The van der Waals surface area contributed by atoms with Gasteiger partial charge in [-0.3, -0.25) is 29.4 Å². The molecule has 1 aliphatic rings. The molecule has 0 spiro atoms. The number of fused-ring (bicyclic) bond motifs is 1. The Labute approximate surface area is 154 Å². The molecule has 0 fully saturated rings. The van der Waals surface area contributed by atoms with Crippen molar-refractivity contribution in [1.29, 1.82) is 0 Å². The van der Waals surface area contributed by atoms with Crippen LogP contribution in [0.2, 0.25) is 0 Å². The molecule has 2 aromatic carbocycles. The third-order valence-electron chi connectivity index (χ3n) is 4.36. The number of rotatable bonds is 5. The number of nitro groups is 1. The number of hydrogen-bond donors (Lipinski definition) is 1. The number of para-hydroxylation sites is 2. The molecule has 27 heavy (non-hydrogen) atoms. The van der Waals surface area contributed by atoms with Crippen LogP contribution in [0, 0.1) is 16.0 Å². The van der Waals surface area contributed by atoms with Crippen molar-refractivity contribution in [2.45, 2.75) is 19.9 Å². The van der Waals surface area contributed by atoms with E-state index in [4.69, 9.17) is 0 Å². The van der Waals surface area contributed by atoms with Crippen LogP contribution in [0.3, 0.4) is 0 Å². The lowest BCUT2D eigenvalue weighted by molar-refractivity contribution is -0.383. The maximum absolute atomic E-state index is 12.9. The fourth-order valence-electron chi connectivity index (χ4n) is 3.12. The van der Waals surface area contributed by atoms with Crippen molar-refractivity contribution in [2.75, 3.05) is 5.32 Å². The summed E-state index contributed by atoms with van der Waals surface area (Å²) < 4.78 is 0. The van der Waals surface area contributed by atoms with Gasteiger partial charge in [0.2, 0.25) is 5.91 Å². The minimum atomic E-state index is -1.10. The van der Waals surface area contributed by atoms with Gasteiger partial charge in [0.05, 0.1) is 16.1 Å². The van der Waals surface area contributed by atoms with Gasteiger partial charge in [0.25, 0.3) is 17.5 Å². The van der Waals surface area contributed by atoms with Crippen molar-refractivity contribution < 1.29 is 19.3 Å². The Hall–Kier alpha value is -3.55. The third-order valence-corrected chi connectivity index (χ3v) is 4.36. The van der Waals surface area contributed by atoms with Crippen molar-refractivity contribution in [1.82, 2.24) is 4.90 Å². The molecule has 0 saturated carbocycles. The Morgan fingerprint density at radius 2 is 1.52 bits per heavy atom. The molecule has 0 aromatic heterocycles. The summed E-state index contributed by atoms with van der Waals surface area (Å²) >= 11 is 0. The van der Waals surface area contributed by atoms with Gasteiger partial charge in [-0.2, -0.15) is 0 Å². The maximum Gasteiger partial charge on any atom is 0.292 e. The summed E-state index contributed by atoms with van der Waals surface area (Å²) in [4.78, 5) is 49.8. The molecule has 8 nitrogen and oxygen atoms in total. The zero-order chi connectivity index (χ0) is 19.7. The van der Waals surface area contributed by atoms with Crippen molar-refractivity contribution in [3.63, 3.8) is 0 Å². The van der Waals surface area contributed by atoms with Gasteiger partial charge in [-0.25, -0.2) is 0 Å². The van der Waals surface area contributed by atoms with Crippen LogP contribution < -0.4 is 5.32 Å². The summed E-state index contributed by atoms with van der Waals surface area (Å²) in [7, 11) is 0. The number of nitrogens with one attached hydrogen (secondary N) is 1. The number of anilines is 1. The van der Waals surface area contributed by atoms with Crippen LogP contribution in [0.25, 0.3) is 0 Å². The highest BCUT2D eigenvalue weighted by atomic mass is 16.6. The van der Waals surface area contributed by atoms with Crippen LogP contribution in [0.4, 0.5) is 11.4 Å². The average molecular weight is 367 g/mol. The first kappa shape index (κ1) is 18.2. The first-order valence-corrected chi connectivity index (χ1v) is 8.34. The summed E-state index contributed by atoms with van der Waals surface area (Å²) in [5.74, 6) is -2.15.